The van der Waals surface area contributed by atoms with E-state index in [1.165, 1.54) is 27.7 Å². The number of halogens is 2. The van der Waals surface area contributed by atoms with Crippen LogP contribution < -0.4 is 5.56 Å². The zero-order chi connectivity index (χ0) is 19.8. The van der Waals surface area contributed by atoms with Gasteiger partial charge in [0.15, 0.2) is 0 Å². The lowest BCUT2D eigenvalue weighted by atomic mass is 10.2. The number of nitrogens with zero attached hydrogens (tertiary/aromatic N) is 5. The Morgan fingerprint density at radius 1 is 1.11 bits per heavy atom. The summed E-state index contributed by atoms with van der Waals surface area (Å²) >= 11 is 6.46. The van der Waals surface area contributed by atoms with E-state index in [2.05, 4.69) is 15.2 Å². The highest BCUT2D eigenvalue weighted by molar-refractivity contribution is 6.32. The Morgan fingerprint density at radius 2 is 1.82 bits per heavy atom. The predicted octanol–water partition coefficient (Wildman–Crippen LogP) is 3.87. The minimum absolute atomic E-state index is 0.265. The van der Waals surface area contributed by atoms with E-state index in [1.54, 1.807) is 44.2 Å². The average Bonchev–Trinajstić information content (AvgIpc) is 2.96. The summed E-state index contributed by atoms with van der Waals surface area (Å²) in [6.07, 6.45) is 1.48. The summed E-state index contributed by atoms with van der Waals surface area (Å²) in [4.78, 5) is 17.1. The third-order valence-corrected chi connectivity index (χ3v) is 4.70. The molecule has 0 bridgehead atoms. The van der Waals surface area contributed by atoms with Gasteiger partial charge in [0.2, 0.25) is 0 Å². The molecule has 0 fully saturated rings. The van der Waals surface area contributed by atoms with Crippen LogP contribution in [0.1, 0.15) is 17.1 Å². The number of hydrogen-bond donors (Lipinski definition) is 0. The van der Waals surface area contributed by atoms with E-state index < -0.39 is 0 Å². The second-order valence-electron chi connectivity index (χ2n) is 6.22. The van der Waals surface area contributed by atoms with Crippen molar-refractivity contribution >= 4 is 28.7 Å². The summed E-state index contributed by atoms with van der Waals surface area (Å²) < 4.78 is 15.9. The molecule has 0 amide bonds. The molecular formula is C20H15ClFN5O. The number of fused-ring (bicyclic) bond motifs is 1. The molecule has 2 aromatic heterocycles. The maximum Gasteiger partial charge on any atom is 0.282 e. The quantitative estimate of drug-likeness (QED) is 0.494. The molecule has 0 spiro atoms. The van der Waals surface area contributed by atoms with E-state index >= 15 is 0 Å². The lowest BCUT2D eigenvalue weighted by Crippen LogP contribution is -2.20. The van der Waals surface area contributed by atoms with Crippen molar-refractivity contribution in [3.05, 3.63) is 86.9 Å². The first kappa shape index (κ1) is 18.1. The first-order valence-electron chi connectivity index (χ1n) is 8.49. The third-order valence-electron chi connectivity index (χ3n) is 4.34. The Balaban J connectivity index is 1.78. The largest absolute Gasteiger partial charge is 0.282 e. The van der Waals surface area contributed by atoms with Crippen molar-refractivity contribution in [3.8, 4) is 5.69 Å². The highest BCUT2D eigenvalue weighted by atomic mass is 35.5. The molecule has 4 rings (SSSR count). The number of aromatic nitrogens is 4. The van der Waals surface area contributed by atoms with Gasteiger partial charge in [-0.2, -0.15) is 14.9 Å². The Labute approximate surface area is 164 Å². The molecule has 2 heterocycles. The van der Waals surface area contributed by atoms with Crippen LogP contribution in [0.2, 0.25) is 5.15 Å². The summed E-state index contributed by atoms with van der Waals surface area (Å²) in [6.45, 7) is 3.49. The summed E-state index contributed by atoms with van der Waals surface area (Å²) in [5, 5.41) is 9.47. The van der Waals surface area contributed by atoms with Crippen molar-refractivity contribution < 1.29 is 4.39 Å². The molecule has 6 nitrogen and oxygen atoms in total. The summed E-state index contributed by atoms with van der Waals surface area (Å²) in [5.41, 5.74) is 2.16. The van der Waals surface area contributed by atoms with Crippen LogP contribution in [0.25, 0.3) is 16.6 Å². The lowest BCUT2D eigenvalue weighted by molar-refractivity contribution is 0.627. The van der Waals surface area contributed by atoms with Gasteiger partial charge in [0.25, 0.3) is 5.56 Å². The van der Waals surface area contributed by atoms with Crippen molar-refractivity contribution in [1.82, 2.24) is 19.4 Å². The molecule has 2 aromatic carbocycles. The number of para-hydroxylation sites is 1. The highest BCUT2D eigenvalue weighted by Crippen LogP contribution is 2.22. The molecule has 0 radical (unpaired) electrons. The van der Waals surface area contributed by atoms with Gasteiger partial charge in [0.1, 0.15) is 16.8 Å². The summed E-state index contributed by atoms with van der Waals surface area (Å²) in [7, 11) is 0. The van der Waals surface area contributed by atoms with E-state index in [1.807, 2.05) is 6.07 Å². The van der Waals surface area contributed by atoms with E-state index in [0.717, 1.165) is 0 Å². The molecule has 0 aliphatic rings. The van der Waals surface area contributed by atoms with Crippen LogP contribution in [0.3, 0.4) is 0 Å². The van der Waals surface area contributed by atoms with Gasteiger partial charge in [-0.05, 0) is 50.2 Å². The fourth-order valence-corrected chi connectivity index (χ4v) is 3.22. The van der Waals surface area contributed by atoms with Crippen LogP contribution in [0.4, 0.5) is 4.39 Å². The number of benzene rings is 2. The summed E-state index contributed by atoms with van der Waals surface area (Å²) in [5.74, 6) is 0.115. The molecule has 0 saturated heterocycles. The predicted molar refractivity (Wildman–Crippen MR) is 107 cm³/mol. The Bertz CT molecular complexity index is 1270. The second kappa shape index (κ2) is 7.01. The van der Waals surface area contributed by atoms with E-state index in [4.69, 9.17) is 11.6 Å². The first-order valence-corrected chi connectivity index (χ1v) is 8.87. The van der Waals surface area contributed by atoms with Crippen LogP contribution in [-0.2, 0) is 0 Å². The SMILES string of the molecule is Cc1nn(-c2ccc(F)cc2)c(Cl)c1/C=N\n1c(C)nc2ccccc2c1=O. The first-order chi connectivity index (χ1) is 13.5. The maximum atomic E-state index is 13.2. The van der Waals surface area contributed by atoms with Crippen LogP contribution in [0.15, 0.2) is 58.4 Å². The van der Waals surface area contributed by atoms with Crippen molar-refractivity contribution in [2.75, 3.05) is 0 Å². The minimum Gasteiger partial charge on any atom is -0.267 e. The van der Waals surface area contributed by atoms with Crippen LogP contribution in [-0.4, -0.2) is 25.7 Å². The van der Waals surface area contributed by atoms with Gasteiger partial charge in [-0.1, -0.05) is 23.7 Å². The normalized spacial score (nSPS) is 11.6. The van der Waals surface area contributed by atoms with Crippen molar-refractivity contribution in [3.63, 3.8) is 0 Å². The topological polar surface area (TPSA) is 65.1 Å². The molecule has 0 N–H and O–H groups in total. The fraction of sp³-hybridized carbons (Fsp3) is 0.100. The molecule has 140 valence electrons. The Kier molecular flexibility index (Phi) is 4.52. The molecule has 28 heavy (non-hydrogen) atoms. The molecule has 0 aliphatic carbocycles. The maximum absolute atomic E-state index is 13.2. The van der Waals surface area contributed by atoms with Crippen LogP contribution >= 0.6 is 11.6 Å². The van der Waals surface area contributed by atoms with E-state index in [9.17, 15) is 9.18 Å². The molecule has 8 heteroatoms. The zero-order valence-electron chi connectivity index (χ0n) is 15.1. The average molecular weight is 396 g/mol. The fourth-order valence-electron chi connectivity index (χ4n) is 2.90. The van der Waals surface area contributed by atoms with Crippen LogP contribution in [0, 0.1) is 19.7 Å². The second-order valence-corrected chi connectivity index (χ2v) is 6.57. The standard InChI is InChI=1S/C20H15ClFN5O/c1-12-17(19(21)27(25-12)15-9-7-14(22)8-10-15)11-23-26-13(2)24-18-6-4-3-5-16(18)20(26)28/h3-11H,1-2H3/b23-11-. The molecule has 0 saturated carbocycles. The van der Waals surface area contributed by atoms with Gasteiger partial charge in [-0.3, -0.25) is 4.79 Å². The van der Waals surface area contributed by atoms with Gasteiger partial charge in [0, 0.05) is 0 Å². The van der Waals surface area contributed by atoms with Gasteiger partial charge >= 0.3 is 0 Å². The van der Waals surface area contributed by atoms with E-state index in [0.29, 0.717) is 38.8 Å². The molecular weight excluding hydrogens is 381 g/mol. The summed E-state index contributed by atoms with van der Waals surface area (Å²) in [6, 6.07) is 12.9. The number of rotatable bonds is 3. The molecule has 0 unspecified atom stereocenters. The van der Waals surface area contributed by atoms with Gasteiger partial charge in [-0.15, -0.1) is 0 Å². The van der Waals surface area contributed by atoms with Crippen molar-refractivity contribution in [2.45, 2.75) is 13.8 Å². The molecule has 0 atom stereocenters. The van der Waals surface area contributed by atoms with Gasteiger partial charge < -0.3 is 0 Å². The molecule has 4 aromatic rings. The monoisotopic (exact) mass is 395 g/mol. The smallest absolute Gasteiger partial charge is 0.267 e. The number of aryl methyl sites for hydroxylation is 2. The van der Waals surface area contributed by atoms with Crippen molar-refractivity contribution in [1.29, 1.82) is 0 Å². The van der Waals surface area contributed by atoms with Gasteiger partial charge in [-0.25, -0.2) is 14.1 Å². The zero-order valence-corrected chi connectivity index (χ0v) is 15.9. The minimum atomic E-state index is -0.343. The molecule has 0 aliphatic heterocycles. The highest BCUT2D eigenvalue weighted by Gasteiger charge is 2.14. The third kappa shape index (κ3) is 3.10. The number of hydrogen-bond acceptors (Lipinski definition) is 4. The van der Waals surface area contributed by atoms with E-state index in [-0.39, 0.29) is 11.4 Å². The lowest BCUT2D eigenvalue weighted by Gasteiger charge is -2.05. The Hall–Kier alpha value is -3.32. The van der Waals surface area contributed by atoms with Gasteiger partial charge in [0.05, 0.1) is 34.1 Å². The van der Waals surface area contributed by atoms with Crippen molar-refractivity contribution in [2.24, 2.45) is 5.10 Å². The Morgan fingerprint density at radius 3 is 2.57 bits per heavy atom. The van der Waals surface area contributed by atoms with Crippen LogP contribution in [0.5, 0.6) is 0 Å².